The van der Waals surface area contributed by atoms with Crippen LogP contribution in [0.1, 0.15) is 37.0 Å². The number of amides is 1. The Bertz CT molecular complexity index is 1520. The van der Waals surface area contributed by atoms with Crippen LogP contribution in [0.15, 0.2) is 36.7 Å². The second-order valence-corrected chi connectivity index (χ2v) is 10.5. The van der Waals surface area contributed by atoms with Gasteiger partial charge in [0.1, 0.15) is 11.6 Å². The van der Waals surface area contributed by atoms with E-state index in [4.69, 9.17) is 14.5 Å². The van der Waals surface area contributed by atoms with E-state index in [0.717, 1.165) is 43.6 Å². The Hall–Kier alpha value is -3.83. The molecule has 0 spiro atoms. The Morgan fingerprint density at radius 2 is 2.03 bits per heavy atom. The van der Waals surface area contributed by atoms with E-state index in [-0.39, 0.29) is 17.6 Å². The van der Waals surface area contributed by atoms with E-state index >= 15 is 0 Å². The van der Waals surface area contributed by atoms with Crippen molar-refractivity contribution in [1.82, 2.24) is 25.1 Å². The van der Waals surface area contributed by atoms with Gasteiger partial charge in [-0.2, -0.15) is 10.1 Å². The van der Waals surface area contributed by atoms with Crippen LogP contribution < -0.4 is 20.3 Å². The maximum absolute atomic E-state index is 14.7. The average Bonchev–Trinajstić information content (AvgIpc) is 3.28. The van der Waals surface area contributed by atoms with E-state index < -0.39 is 11.7 Å². The van der Waals surface area contributed by atoms with Crippen molar-refractivity contribution in [3.63, 3.8) is 0 Å². The van der Waals surface area contributed by atoms with Gasteiger partial charge in [0, 0.05) is 73.4 Å². The van der Waals surface area contributed by atoms with Crippen LogP contribution >= 0.6 is 0 Å². The van der Waals surface area contributed by atoms with Crippen LogP contribution in [-0.2, 0) is 11.8 Å². The number of anilines is 2. The number of halogens is 1. The minimum Gasteiger partial charge on any atom is -0.458 e. The minimum absolute atomic E-state index is 0.138. The molecule has 2 aliphatic rings. The van der Waals surface area contributed by atoms with Gasteiger partial charge in [-0.05, 0) is 51.0 Å². The lowest BCUT2D eigenvalue weighted by Gasteiger charge is -2.38. The topological polar surface area (TPSA) is 106 Å². The number of nitrogens with one attached hydrogen (secondary N) is 2. The van der Waals surface area contributed by atoms with E-state index in [1.807, 2.05) is 6.07 Å². The number of ether oxygens (including phenoxy) is 2. The molecule has 1 amide bonds. The summed E-state index contributed by atoms with van der Waals surface area (Å²) in [6.45, 7) is 7.13. The fourth-order valence-electron chi connectivity index (χ4n) is 5.56. The van der Waals surface area contributed by atoms with E-state index in [0.29, 0.717) is 40.8 Å². The summed E-state index contributed by atoms with van der Waals surface area (Å²) in [5.74, 6) is -0.903. The molecule has 0 aliphatic carbocycles. The van der Waals surface area contributed by atoms with Gasteiger partial charge in [-0.25, -0.2) is 9.37 Å². The number of carbonyl (C=O) groups is 1. The molecule has 11 heteroatoms. The molecule has 2 aromatic heterocycles. The summed E-state index contributed by atoms with van der Waals surface area (Å²) in [4.78, 5) is 25.1. The van der Waals surface area contributed by atoms with Crippen LogP contribution in [0.5, 0.6) is 6.01 Å². The van der Waals surface area contributed by atoms with Crippen molar-refractivity contribution in [3.05, 3.63) is 48.0 Å². The van der Waals surface area contributed by atoms with Crippen molar-refractivity contribution < 1.29 is 18.7 Å². The van der Waals surface area contributed by atoms with Crippen molar-refractivity contribution in [2.45, 2.75) is 44.9 Å². The highest BCUT2D eigenvalue weighted by molar-refractivity contribution is 6.14. The van der Waals surface area contributed by atoms with Crippen molar-refractivity contribution in [1.29, 1.82) is 0 Å². The third kappa shape index (κ3) is 5.24. The Labute approximate surface area is 225 Å². The maximum atomic E-state index is 14.7. The smallest absolute Gasteiger partial charge is 0.317 e. The molecule has 10 nitrogen and oxygen atoms in total. The monoisotopic (exact) mass is 533 g/mol. The predicted octanol–water partition coefficient (Wildman–Crippen LogP) is 3.65. The van der Waals surface area contributed by atoms with Gasteiger partial charge in [0.15, 0.2) is 5.82 Å². The first kappa shape index (κ1) is 25.4. The van der Waals surface area contributed by atoms with Gasteiger partial charge in [0.05, 0.1) is 17.7 Å². The zero-order valence-electron chi connectivity index (χ0n) is 22.3. The Morgan fingerprint density at radius 1 is 1.21 bits per heavy atom. The third-order valence-corrected chi connectivity index (χ3v) is 7.17. The number of aryl methyl sites for hydroxylation is 1. The summed E-state index contributed by atoms with van der Waals surface area (Å²) in [6.07, 6.45) is 5.06. The van der Waals surface area contributed by atoms with Crippen LogP contribution in [0.25, 0.3) is 21.8 Å². The second-order valence-electron chi connectivity index (χ2n) is 10.5. The molecule has 2 saturated heterocycles. The first-order chi connectivity index (χ1) is 18.8. The van der Waals surface area contributed by atoms with Crippen molar-refractivity contribution in [3.8, 4) is 6.01 Å². The molecule has 204 valence electrons. The fraction of sp³-hybridized carbons (Fsp3) is 0.429. The largest absolute Gasteiger partial charge is 0.458 e. The maximum Gasteiger partial charge on any atom is 0.317 e. The molecular weight excluding hydrogens is 501 g/mol. The summed E-state index contributed by atoms with van der Waals surface area (Å²) in [5.41, 5.74) is 2.38. The predicted molar refractivity (Wildman–Crippen MR) is 147 cm³/mol. The van der Waals surface area contributed by atoms with Crippen LogP contribution in [0.2, 0.25) is 0 Å². The number of piperazine rings is 1. The number of aromatic nitrogens is 4. The normalized spacial score (nSPS) is 21.8. The Morgan fingerprint density at radius 3 is 2.79 bits per heavy atom. The number of nitrogens with zero attached hydrogens (tertiary/aromatic N) is 5. The number of fused-ring (bicyclic) bond motifs is 2. The lowest BCUT2D eigenvalue weighted by atomic mass is 10.0. The van der Waals surface area contributed by atoms with Gasteiger partial charge in [0.2, 0.25) is 0 Å². The van der Waals surface area contributed by atoms with E-state index in [1.54, 1.807) is 36.3 Å². The number of hydrogen-bond donors (Lipinski definition) is 2. The number of benzene rings is 2. The summed E-state index contributed by atoms with van der Waals surface area (Å²) in [6, 6.07) is 7.50. The molecule has 2 fully saturated rings. The summed E-state index contributed by atoms with van der Waals surface area (Å²) >= 11 is 0. The molecule has 4 aromatic rings. The van der Waals surface area contributed by atoms with Gasteiger partial charge in [-0.1, -0.05) is 0 Å². The third-order valence-electron chi connectivity index (χ3n) is 7.17. The Balaban J connectivity index is 1.38. The highest BCUT2D eigenvalue weighted by atomic mass is 19.1. The molecule has 0 bridgehead atoms. The molecule has 3 atom stereocenters. The summed E-state index contributed by atoms with van der Waals surface area (Å²) in [5, 5.41) is 11.9. The van der Waals surface area contributed by atoms with Gasteiger partial charge in [-0.3, -0.25) is 9.48 Å². The zero-order valence-corrected chi connectivity index (χ0v) is 22.3. The lowest BCUT2D eigenvalue weighted by molar-refractivity contribution is 0.00353. The number of hydrogen-bond acceptors (Lipinski definition) is 8. The van der Waals surface area contributed by atoms with Crippen molar-refractivity contribution >= 4 is 39.1 Å². The van der Waals surface area contributed by atoms with Crippen LogP contribution in [-0.4, -0.2) is 70.1 Å². The quantitative estimate of drug-likeness (QED) is 0.401. The van der Waals surface area contributed by atoms with E-state index in [2.05, 4.69) is 39.5 Å². The summed E-state index contributed by atoms with van der Waals surface area (Å²) in [7, 11) is 1.73. The minimum atomic E-state index is -0.502. The number of carbonyl (C=O) groups excluding carboxylic acids is 1. The molecule has 2 N–H and O–H groups in total. The van der Waals surface area contributed by atoms with Gasteiger partial charge < -0.3 is 25.0 Å². The molecular formula is C28H32FN7O3. The molecule has 4 heterocycles. The SMILES string of the molecule is CC1CN(c2ccc(C(=O)Nc3cc(F)c4nn(C)cc4c3)c3nc(OC4CCCOC4)ncc23)CC(C)N1. The van der Waals surface area contributed by atoms with Crippen LogP contribution in [0.4, 0.5) is 15.8 Å². The Kier molecular flexibility index (Phi) is 6.78. The van der Waals surface area contributed by atoms with Gasteiger partial charge in [-0.15, -0.1) is 0 Å². The first-order valence-corrected chi connectivity index (χ1v) is 13.3. The fourth-order valence-corrected chi connectivity index (χ4v) is 5.56. The molecule has 0 saturated carbocycles. The lowest BCUT2D eigenvalue weighted by Crippen LogP contribution is -2.54. The van der Waals surface area contributed by atoms with Gasteiger partial charge in [0.25, 0.3) is 5.91 Å². The standard InChI is InChI=1S/C28H32FN7O3/c1-16-12-36(13-17(2)31-16)24-7-6-21(26-22(24)11-30-28(33-26)39-20-5-4-8-38-15-20)27(37)32-19-9-18-14-35(3)34-25(18)23(29)10-19/h6-7,9-11,14,16-17,20,31H,4-5,8,12-13,15H2,1-3H3,(H,32,37). The van der Waals surface area contributed by atoms with Crippen molar-refractivity contribution in [2.24, 2.45) is 7.05 Å². The van der Waals surface area contributed by atoms with Crippen molar-refractivity contribution in [2.75, 3.05) is 36.5 Å². The molecule has 0 radical (unpaired) electrons. The van der Waals surface area contributed by atoms with Gasteiger partial charge >= 0.3 is 6.01 Å². The average molecular weight is 534 g/mol. The van der Waals surface area contributed by atoms with Crippen LogP contribution in [0, 0.1) is 5.82 Å². The molecule has 39 heavy (non-hydrogen) atoms. The molecule has 6 rings (SSSR count). The van der Waals surface area contributed by atoms with E-state index in [9.17, 15) is 9.18 Å². The molecule has 3 unspecified atom stereocenters. The zero-order chi connectivity index (χ0) is 27.1. The molecule has 2 aromatic carbocycles. The first-order valence-electron chi connectivity index (χ1n) is 13.3. The van der Waals surface area contributed by atoms with E-state index in [1.165, 1.54) is 6.07 Å². The number of rotatable bonds is 5. The molecule has 2 aliphatic heterocycles. The van der Waals surface area contributed by atoms with Crippen LogP contribution in [0.3, 0.4) is 0 Å². The second kappa shape index (κ2) is 10.4. The highest BCUT2D eigenvalue weighted by Crippen LogP contribution is 2.32. The highest BCUT2D eigenvalue weighted by Gasteiger charge is 2.25. The summed E-state index contributed by atoms with van der Waals surface area (Å²) < 4.78 is 27.8.